The summed E-state index contributed by atoms with van der Waals surface area (Å²) in [4.78, 5) is 2.71. The molecule has 1 saturated heterocycles. The van der Waals surface area contributed by atoms with Gasteiger partial charge in [0, 0.05) is 18.6 Å². The van der Waals surface area contributed by atoms with Crippen molar-refractivity contribution in [3.63, 3.8) is 0 Å². The zero-order valence-corrected chi connectivity index (χ0v) is 12.5. The van der Waals surface area contributed by atoms with Gasteiger partial charge in [-0.25, -0.2) is 0 Å². The molecule has 2 nitrogen and oxygen atoms in total. The second kappa shape index (κ2) is 7.49. The maximum absolute atomic E-state index is 3.69. The molecule has 1 aliphatic carbocycles. The molecular weight excluding hydrogens is 220 g/mol. The molecule has 18 heavy (non-hydrogen) atoms. The van der Waals surface area contributed by atoms with E-state index in [9.17, 15) is 0 Å². The van der Waals surface area contributed by atoms with Crippen molar-refractivity contribution in [2.24, 2.45) is 5.92 Å². The van der Waals surface area contributed by atoms with Crippen LogP contribution in [0.4, 0.5) is 0 Å². The Morgan fingerprint density at radius 3 is 2.39 bits per heavy atom. The lowest BCUT2D eigenvalue weighted by atomic mass is 10.0. The Morgan fingerprint density at radius 2 is 1.78 bits per heavy atom. The molecule has 0 aromatic rings. The van der Waals surface area contributed by atoms with Crippen LogP contribution in [0.2, 0.25) is 0 Å². The van der Waals surface area contributed by atoms with Gasteiger partial charge in [0.1, 0.15) is 0 Å². The fourth-order valence-corrected chi connectivity index (χ4v) is 3.57. The van der Waals surface area contributed by atoms with Gasteiger partial charge in [-0.1, -0.05) is 32.1 Å². The minimum Gasteiger partial charge on any atom is -0.313 e. The summed E-state index contributed by atoms with van der Waals surface area (Å²) in [6.07, 6.45) is 11.6. The zero-order valence-electron chi connectivity index (χ0n) is 12.5. The monoisotopic (exact) mass is 252 g/mol. The number of nitrogens with one attached hydrogen (secondary N) is 1. The van der Waals surface area contributed by atoms with E-state index in [4.69, 9.17) is 0 Å². The Bertz CT molecular complexity index is 215. The summed E-state index contributed by atoms with van der Waals surface area (Å²) in [6.45, 7) is 8.54. The van der Waals surface area contributed by atoms with Crippen LogP contribution in [-0.2, 0) is 0 Å². The van der Waals surface area contributed by atoms with Crippen molar-refractivity contribution in [1.82, 2.24) is 10.2 Å². The van der Waals surface area contributed by atoms with Crippen molar-refractivity contribution in [3.8, 4) is 0 Å². The minimum atomic E-state index is 0.704. The second-order valence-electron chi connectivity index (χ2n) is 6.67. The first kappa shape index (κ1) is 14.3. The third-order valence-electron chi connectivity index (χ3n) is 4.90. The van der Waals surface area contributed by atoms with E-state index in [2.05, 4.69) is 24.1 Å². The minimum absolute atomic E-state index is 0.704. The quantitative estimate of drug-likeness (QED) is 0.779. The first-order valence-corrected chi connectivity index (χ1v) is 8.23. The van der Waals surface area contributed by atoms with Gasteiger partial charge < -0.3 is 5.32 Å². The van der Waals surface area contributed by atoms with Gasteiger partial charge in [-0.15, -0.1) is 0 Å². The molecule has 2 rings (SSSR count). The van der Waals surface area contributed by atoms with Gasteiger partial charge in [-0.05, 0) is 52.1 Å². The molecule has 0 spiro atoms. The summed E-state index contributed by atoms with van der Waals surface area (Å²) in [7, 11) is 0. The van der Waals surface area contributed by atoms with Crippen LogP contribution >= 0.6 is 0 Å². The largest absolute Gasteiger partial charge is 0.313 e. The van der Waals surface area contributed by atoms with Crippen LogP contribution < -0.4 is 5.32 Å². The lowest BCUT2D eigenvalue weighted by Crippen LogP contribution is -2.46. The van der Waals surface area contributed by atoms with Gasteiger partial charge in [-0.3, -0.25) is 4.90 Å². The molecule has 1 saturated carbocycles. The standard InChI is InChI=1S/C16H32N2/c1-14(2)18(12-10-15-7-3-4-8-15)13-16-9-5-6-11-17-16/h14-17H,3-13H2,1-2H3. The highest BCUT2D eigenvalue weighted by atomic mass is 15.2. The summed E-state index contributed by atoms with van der Waals surface area (Å²) in [6, 6.07) is 1.46. The van der Waals surface area contributed by atoms with Gasteiger partial charge in [0.25, 0.3) is 0 Å². The van der Waals surface area contributed by atoms with Crippen molar-refractivity contribution in [2.75, 3.05) is 19.6 Å². The molecule has 2 aliphatic rings. The van der Waals surface area contributed by atoms with Crippen LogP contribution in [0.25, 0.3) is 0 Å². The van der Waals surface area contributed by atoms with E-state index < -0.39 is 0 Å². The first-order valence-electron chi connectivity index (χ1n) is 8.23. The van der Waals surface area contributed by atoms with Crippen molar-refractivity contribution in [1.29, 1.82) is 0 Å². The van der Waals surface area contributed by atoms with E-state index in [0.29, 0.717) is 6.04 Å². The Balaban J connectivity index is 1.72. The smallest absolute Gasteiger partial charge is 0.0195 e. The third kappa shape index (κ3) is 4.55. The molecule has 2 heteroatoms. The van der Waals surface area contributed by atoms with Crippen molar-refractivity contribution >= 4 is 0 Å². The van der Waals surface area contributed by atoms with Crippen LogP contribution in [0, 0.1) is 5.92 Å². The Hall–Kier alpha value is -0.0800. The number of piperidine rings is 1. The Kier molecular flexibility index (Phi) is 5.97. The summed E-state index contributed by atoms with van der Waals surface area (Å²) < 4.78 is 0. The second-order valence-corrected chi connectivity index (χ2v) is 6.67. The normalized spacial score (nSPS) is 26.3. The fraction of sp³-hybridized carbons (Fsp3) is 1.00. The number of hydrogen-bond acceptors (Lipinski definition) is 2. The molecule has 2 fully saturated rings. The van der Waals surface area contributed by atoms with Gasteiger partial charge in [0.15, 0.2) is 0 Å². The van der Waals surface area contributed by atoms with E-state index in [1.807, 2.05) is 0 Å². The SMILES string of the molecule is CC(C)N(CCC1CCCC1)CC1CCCCN1. The van der Waals surface area contributed by atoms with Gasteiger partial charge in [-0.2, -0.15) is 0 Å². The maximum Gasteiger partial charge on any atom is 0.0195 e. The number of rotatable bonds is 6. The third-order valence-corrected chi connectivity index (χ3v) is 4.90. The van der Waals surface area contributed by atoms with Crippen LogP contribution in [0.15, 0.2) is 0 Å². The van der Waals surface area contributed by atoms with Crippen LogP contribution in [0.3, 0.4) is 0 Å². The van der Waals surface area contributed by atoms with E-state index >= 15 is 0 Å². The Morgan fingerprint density at radius 1 is 1.06 bits per heavy atom. The molecule has 1 aliphatic heterocycles. The fourth-order valence-electron chi connectivity index (χ4n) is 3.57. The van der Waals surface area contributed by atoms with Gasteiger partial charge >= 0.3 is 0 Å². The van der Waals surface area contributed by atoms with Crippen LogP contribution in [-0.4, -0.2) is 36.6 Å². The molecule has 1 N–H and O–H groups in total. The molecule has 106 valence electrons. The molecule has 1 atom stereocenters. The van der Waals surface area contributed by atoms with Crippen LogP contribution in [0.5, 0.6) is 0 Å². The summed E-state index contributed by atoms with van der Waals surface area (Å²) >= 11 is 0. The highest BCUT2D eigenvalue weighted by molar-refractivity contribution is 4.78. The zero-order chi connectivity index (χ0) is 12.8. The molecule has 0 aromatic carbocycles. The van der Waals surface area contributed by atoms with E-state index in [-0.39, 0.29) is 0 Å². The molecule has 1 unspecified atom stereocenters. The number of hydrogen-bond donors (Lipinski definition) is 1. The van der Waals surface area contributed by atoms with Crippen molar-refractivity contribution in [3.05, 3.63) is 0 Å². The average Bonchev–Trinajstić information content (AvgIpc) is 2.88. The van der Waals surface area contributed by atoms with Crippen molar-refractivity contribution in [2.45, 2.75) is 77.3 Å². The molecule has 0 aromatic heterocycles. The molecule has 1 heterocycles. The van der Waals surface area contributed by atoms with E-state index in [0.717, 1.165) is 12.0 Å². The molecular formula is C16H32N2. The summed E-state index contributed by atoms with van der Waals surface area (Å²) in [5.74, 6) is 1.03. The lowest BCUT2D eigenvalue weighted by molar-refractivity contribution is 0.173. The highest BCUT2D eigenvalue weighted by Crippen LogP contribution is 2.27. The topological polar surface area (TPSA) is 15.3 Å². The molecule has 0 bridgehead atoms. The average molecular weight is 252 g/mol. The Labute approximate surface area is 114 Å². The number of nitrogens with zero attached hydrogens (tertiary/aromatic N) is 1. The predicted molar refractivity (Wildman–Crippen MR) is 78.9 cm³/mol. The molecule has 0 radical (unpaired) electrons. The maximum atomic E-state index is 3.69. The molecule has 0 amide bonds. The van der Waals surface area contributed by atoms with Crippen molar-refractivity contribution < 1.29 is 0 Å². The van der Waals surface area contributed by atoms with Gasteiger partial charge in [0.05, 0.1) is 0 Å². The first-order chi connectivity index (χ1) is 8.75. The summed E-state index contributed by atoms with van der Waals surface area (Å²) in [5.41, 5.74) is 0. The van der Waals surface area contributed by atoms with Gasteiger partial charge in [0.2, 0.25) is 0 Å². The lowest BCUT2D eigenvalue weighted by Gasteiger charge is -2.33. The van der Waals surface area contributed by atoms with Crippen LogP contribution in [0.1, 0.15) is 65.2 Å². The van der Waals surface area contributed by atoms with E-state index in [1.54, 1.807) is 0 Å². The summed E-state index contributed by atoms with van der Waals surface area (Å²) in [5, 5.41) is 3.69. The van der Waals surface area contributed by atoms with E-state index in [1.165, 1.54) is 71.0 Å². The predicted octanol–water partition coefficient (Wildman–Crippen LogP) is 3.42. The highest BCUT2D eigenvalue weighted by Gasteiger charge is 2.21.